The summed E-state index contributed by atoms with van der Waals surface area (Å²) in [5.41, 5.74) is 5.30. The van der Waals surface area contributed by atoms with Gasteiger partial charge >= 0.3 is 0 Å². The molecule has 0 radical (unpaired) electrons. The second-order valence-electron chi connectivity index (χ2n) is 4.89. The van der Waals surface area contributed by atoms with Crippen LogP contribution in [0.25, 0.3) is 0 Å². The van der Waals surface area contributed by atoms with E-state index in [2.05, 4.69) is 38.1 Å². The molecule has 0 unspecified atom stereocenters. The number of aryl methyl sites for hydroxylation is 1. The van der Waals surface area contributed by atoms with E-state index in [0.717, 1.165) is 24.8 Å². The van der Waals surface area contributed by atoms with Crippen LogP contribution in [0.2, 0.25) is 0 Å². The number of hydrogen-bond acceptors (Lipinski definition) is 2. The van der Waals surface area contributed by atoms with Crippen LogP contribution >= 0.6 is 0 Å². The van der Waals surface area contributed by atoms with Crippen LogP contribution in [-0.4, -0.2) is 11.1 Å². The largest absolute Gasteiger partial charge is 0.481 e. The predicted molar refractivity (Wildman–Crippen MR) is 78.5 cm³/mol. The van der Waals surface area contributed by atoms with Crippen molar-refractivity contribution in [2.45, 2.75) is 27.2 Å². The molecule has 3 nitrogen and oxygen atoms in total. The van der Waals surface area contributed by atoms with Gasteiger partial charge in [-0.2, -0.15) is 0 Å². The van der Waals surface area contributed by atoms with Crippen LogP contribution in [0.3, 0.4) is 0 Å². The molecule has 0 spiro atoms. The van der Waals surface area contributed by atoms with Gasteiger partial charge in [-0.3, -0.25) is 4.79 Å². The molecule has 1 aliphatic heterocycles. The fraction of sp³-hybridized carbons (Fsp3) is 0.235. The van der Waals surface area contributed by atoms with Gasteiger partial charge in [-0.25, -0.2) is 0 Å². The standard InChI is InChI=1S/C15H14O.C2H4O2/c1-10-7-8-15-13(11(10)2)9-12-5-3-4-6-14(12)16-15;1-2(3)4/h3-8H,9H2,1-2H3;1H3,(H,3,4). The minimum Gasteiger partial charge on any atom is -0.481 e. The van der Waals surface area contributed by atoms with E-state index < -0.39 is 5.97 Å². The summed E-state index contributed by atoms with van der Waals surface area (Å²) in [7, 11) is 0. The number of benzene rings is 2. The van der Waals surface area contributed by atoms with Gasteiger partial charge in [0.15, 0.2) is 0 Å². The molecule has 104 valence electrons. The van der Waals surface area contributed by atoms with E-state index >= 15 is 0 Å². The van der Waals surface area contributed by atoms with Crippen LogP contribution in [0.1, 0.15) is 29.2 Å². The highest BCUT2D eigenvalue weighted by Crippen LogP contribution is 2.38. The Labute approximate surface area is 118 Å². The Balaban J connectivity index is 0.000000328. The maximum absolute atomic E-state index is 9.00. The number of ether oxygens (including phenoxy) is 1. The molecule has 1 heterocycles. The van der Waals surface area contributed by atoms with Gasteiger partial charge in [0.1, 0.15) is 11.5 Å². The first-order chi connectivity index (χ1) is 9.49. The maximum Gasteiger partial charge on any atom is 0.300 e. The number of para-hydroxylation sites is 1. The molecule has 0 atom stereocenters. The van der Waals surface area contributed by atoms with E-state index in [4.69, 9.17) is 14.6 Å². The average Bonchev–Trinajstić information content (AvgIpc) is 2.41. The summed E-state index contributed by atoms with van der Waals surface area (Å²) in [6, 6.07) is 12.5. The molecular formula is C17H18O3. The molecule has 3 rings (SSSR count). The zero-order chi connectivity index (χ0) is 14.7. The summed E-state index contributed by atoms with van der Waals surface area (Å²) < 4.78 is 5.91. The van der Waals surface area contributed by atoms with Gasteiger partial charge in [0, 0.05) is 18.9 Å². The lowest BCUT2D eigenvalue weighted by Crippen LogP contribution is -2.05. The van der Waals surface area contributed by atoms with Gasteiger partial charge in [0.25, 0.3) is 5.97 Å². The van der Waals surface area contributed by atoms with Crippen molar-refractivity contribution in [1.29, 1.82) is 0 Å². The Morgan fingerprint density at radius 1 is 1.10 bits per heavy atom. The molecule has 0 fully saturated rings. The fourth-order valence-electron chi connectivity index (χ4n) is 2.22. The molecule has 1 N–H and O–H groups in total. The number of fused-ring (bicyclic) bond motifs is 2. The summed E-state index contributed by atoms with van der Waals surface area (Å²) in [4.78, 5) is 9.00. The van der Waals surface area contributed by atoms with Crippen molar-refractivity contribution in [3.63, 3.8) is 0 Å². The monoisotopic (exact) mass is 270 g/mol. The molecule has 2 aromatic carbocycles. The third kappa shape index (κ3) is 2.99. The maximum atomic E-state index is 9.00. The van der Waals surface area contributed by atoms with E-state index in [9.17, 15) is 0 Å². The van der Waals surface area contributed by atoms with Gasteiger partial charge in [-0.05, 0) is 42.7 Å². The van der Waals surface area contributed by atoms with E-state index in [0.29, 0.717) is 0 Å². The van der Waals surface area contributed by atoms with E-state index in [1.807, 2.05) is 12.1 Å². The van der Waals surface area contributed by atoms with Crippen LogP contribution in [0.4, 0.5) is 0 Å². The Bertz CT molecular complexity index is 641. The predicted octanol–water partition coefficient (Wildman–Crippen LogP) is 4.09. The Hall–Kier alpha value is -2.29. The van der Waals surface area contributed by atoms with Crippen molar-refractivity contribution in [2.75, 3.05) is 0 Å². The van der Waals surface area contributed by atoms with Crippen molar-refractivity contribution in [3.05, 3.63) is 58.7 Å². The molecule has 0 saturated carbocycles. The van der Waals surface area contributed by atoms with Crippen molar-refractivity contribution in [3.8, 4) is 11.5 Å². The molecule has 0 aliphatic carbocycles. The fourth-order valence-corrected chi connectivity index (χ4v) is 2.22. The summed E-state index contributed by atoms with van der Waals surface area (Å²) >= 11 is 0. The third-order valence-corrected chi connectivity index (χ3v) is 3.39. The topological polar surface area (TPSA) is 46.5 Å². The number of rotatable bonds is 0. The molecule has 20 heavy (non-hydrogen) atoms. The molecular weight excluding hydrogens is 252 g/mol. The van der Waals surface area contributed by atoms with Gasteiger partial charge < -0.3 is 9.84 Å². The lowest BCUT2D eigenvalue weighted by atomic mass is 9.94. The Morgan fingerprint density at radius 2 is 1.75 bits per heavy atom. The highest BCUT2D eigenvalue weighted by molar-refractivity contribution is 5.63. The number of carboxylic acid groups (broad SMARTS) is 1. The van der Waals surface area contributed by atoms with Crippen LogP contribution in [0, 0.1) is 13.8 Å². The van der Waals surface area contributed by atoms with Crippen molar-refractivity contribution >= 4 is 5.97 Å². The smallest absolute Gasteiger partial charge is 0.300 e. The van der Waals surface area contributed by atoms with E-state index in [1.165, 1.54) is 22.3 Å². The van der Waals surface area contributed by atoms with Crippen molar-refractivity contribution in [1.82, 2.24) is 0 Å². The average molecular weight is 270 g/mol. The molecule has 0 saturated heterocycles. The van der Waals surface area contributed by atoms with Gasteiger partial charge in [-0.15, -0.1) is 0 Å². The summed E-state index contributed by atoms with van der Waals surface area (Å²) in [6.07, 6.45) is 0.985. The van der Waals surface area contributed by atoms with E-state index in [1.54, 1.807) is 0 Å². The summed E-state index contributed by atoms with van der Waals surface area (Å²) in [5, 5.41) is 7.42. The second kappa shape index (κ2) is 5.78. The molecule has 0 aromatic heterocycles. The van der Waals surface area contributed by atoms with Crippen molar-refractivity contribution in [2.24, 2.45) is 0 Å². The first kappa shape index (κ1) is 14.1. The van der Waals surface area contributed by atoms with Gasteiger partial charge in [0.2, 0.25) is 0 Å². The highest BCUT2D eigenvalue weighted by atomic mass is 16.5. The molecule has 0 amide bonds. The normalized spacial score (nSPS) is 11.3. The van der Waals surface area contributed by atoms with Gasteiger partial charge in [-0.1, -0.05) is 24.3 Å². The van der Waals surface area contributed by atoms with E-state index in [-0.39, 0.29) is 0 Å². The third-order valence-electron chi connectivity index (χ3n) is 3.39. The first-order valence-electron chi connectivity index (χ1n) is 6.53. The van der Waals surface area contributed by atoms with Gasteiger partial charge in [0.05, 0.1) is 0 Å². The minimum absolute atomic E-state index is 0.833. The lowest BCUT2D eigenvalue weighted by molar-refractivity contribution is -0.134. The summed E-state index contributed by atoms with van der Waals surface area (Å²) in [6.45, 7) is 5.40. The SMILES string of the molecule is CC(=O)O.Cc1ccc2c(c1C)Cc1ccccc1O2. The second-order valence-corrected chi connectivity index (χ2v) is 4.89. The molecule has 1 aliphatic rings. The number of carboxylic acids is 1. The van der Waals surface area contributed by atoms with Crippen LogP contribution < -0.4 is 4.74 Å². The quantitative estimate of drug-likeness (QED) is 0.669. The number of aliphatic carboxylic acids is 1. The van der Waals surface area contributed by atoms with Crippen LogP contribution in [0.15, 0.2) is 36.4 Å². The summed E-state index contributed by atoms with van der Waals surface area (Å²) in [5.74, 6) is 1.18. The minimum atomic E-state index is -0.833. The molecule has 0 bridgehead atoms. The number of carbonyl (C=O) groups is 1. The number of hydrogen-bond donors (Lipinski definition) is 1. The zero-order valence-electron chi connectivity index (χ0n) is 11.9. The Morgan fingerprint density at radius 3 is 2.45 bits per heavy atom. The lowest BCUT2D eigenvalue weighted by Gasteiger charge is -2.22. The zero-order valence-corrected chi connectivity index (χ0v) is 11.9. The van der Waals surface area contributed by atoms with Crippen LogP contribution in [0.5, 0.6) is 11.5 Å². The molecule has 2 aromatic rings. The van der Waals surface area contributed by atoms with Crippen LogP contribution in [-0.2, 0) is 11.2 Å². The Kier molecular flexibility index (Phi) is 4.08. The highest BCUT2D eigenvalue weighted by Gasteiger charge is 2.18. The first-order valence-corrected chi connectivity index (χ1v) is 6.53. The molecule has 3 heteroatoms. The van der Waals surface area contributed by atoms with Crippen molar-refractivity contribution < 1.29 is 14.6 Å².